The van der Waals surface area contributed by atoms with Crippen molar-refractivity contribution < 1.29 is 23.8 Å². The van der Waals surface area contributed by atoms with Gasteiger partial charge in [0.05, 0.1) is 13.2 Å². The molecule has 0 aromatic heterocycles. The van der Waals surface area contributed by atoms with E-state index in [-0.39, 0.29) is 23.7 Å². The number of hydrogen-bond acceptors (Lipinski definition) is 4. The summed E-state index contributed by atoms with van der Waals surface area (Å²) in [5, 5.41) is 9.48. The molecule has 0 saturated carbocycles. The fourth-order valence-corrected chi connectivity index (χ4v) is 2.81. The van der Waals surface area contributed by atoms with E-state index < -0.39 is 5.97 Å². The minimum absolute atomic E-state index is 0.102. The van der Waals surface area contributed by atoms with E-state index in [1.165, 1.54) is 12.1 Å². The molecule has 0 unspecified atom stereocenters. The van der Waals surface area contributed by atoms with Gasteiger partial charge in [-0.25, -0.2) is 9.18 Å². The molecule has 1 fully saturated rings. The number of rotatable bonds is 7. The van der Waals surface area contributed by atoms with Crippen molar-refractivity contribution >= 4 is 12.0 Å². The van der Waals surface area contributed by atoms with Gasteiger partial charge in [-0.2, -0.15) is 0 Å². The van der Waals surface area contributed by atoms with Gasteiger partial charge in [-0.1, -0.05) is 30.4 Å². The Kier molecular flexibility index (Phi) is 6.57. The lowest BCUT2D eigenvalue weighted by Gasteiger charge is -2.25. The summed E-state index contributed by atoms with van der Waals surface area (Å²) in [5.74, 6) is -1.08. The highest BCUT2D eigenvalue weighted by atomic mass is 19.1. The fraction of sp³-hybridized carbons (Fsp3) is 0.286. The van der Waals surface area contributed by atoms with Crippen LogP contribution in [0.15, 0.2) is 48.5 Å². The number of morpholine rings is 1. The molecule has 1 heterocycles. The Morgan fingerprint density at radius 3 is 2.63 bits per heavy atom. The third kappa shape index (κ3) is 5.64. The van der Waals surface area contributed by atoms with Gasteiger partial charge in [0.1, 0.15) is 23.7 Å². The number of carbonyl (C=O) groups is 1. The van der Waals surface area contributed by atoms with Crippen LogP contribution in [0.5, 0.6) is 5.75 Å². The first-order valence-corrected chi connectivity index (χ1v) is 8.83. The van der Waals surface area contributed by atoms with Gasteiger partial charge in [-0.15, -0.1) is 0 Å². The number of carboxylic acids is 1. The molecule has 0 atom stereocenters. The van der Waals surface area contributed by atoms with E-state index in [0.29, 0.717) is 0 Å². The van der Waals surface area contributed by atoms with Crippen molar-refractivity contribution in [2.24, 2.45) is 0 Å². The summed E-state index contributed by atoms with van der Waals surface area (Å²) in [6.45, 7) is 4.28. The fourth-order valence-electron chi connectivity index (χ4n) is 2.81. The minimum Gasteiger partial charge on any atom is -0.488 e. The number of nitrogens with zero attached hydrogens (tertiary/aromatic N) is 1. The van der Waals surface area contributed by atoms with Crippen LogP contribution in [0.1, 0.15) is 21.5 Å². The molecular weight excluding hydrogens is 349 g/mol. The molecule has 0 amide bonds. The lowest BCUT2D eigenvalue weighted by atomic mass is 10.1. The molecule has 2 aromatic rings. The molecule has 1 aliphatic rings. The first-order chi connectivity index (χ1) is 13.1. The molecule has 0 spiro atoms. The van der Waals surface area contributed by atoms with E-state index in [0.717, 1.165) is 44.0 Å². The van der Waals surface area contributed by atoms with Crippen molar-refractivity contribution in [2.45, 2.75) is 6.61 Å². The van der Waals surface area contributed by atoms with Crippen molar-refractivity contribution in [3.8, 4) is 5.75 Å². The molecule has 5 nitrogen and oxygen atoms in total. The molecule has 0 radical (unpaired) electrons. The maximum atomic E-state index is 13.0. The van der Waals surface area contributed by atoms with Crippen LogP contribution in [0, 0.1) is 5.82 Å². The first kappa shape index (κ1) is 19.1. The number of halogens is 1. The Morgan fingerprint density at radius 2 is 1.93 bits per heavy atom. The SMILES string of the molecule is O=C(O)c1cc(C=CCN2CCOCC2)ccc1OCc1ccc(F)cc1. The van der Waals surface area contributed by atoms with Crippen molar-refractivity contribution in [1.82, 2.24) is 4.90 Å². The average molecular weight is 371 g/mol. The van der Waals surface area contributed by atoms with Crippen LogP contribution in [-0.4, -0.2) is 48.8 Å². The molecule has 0 aliphatic carbocycles. The molecule has 3 rings (SSSR count). The third-order valence-corrected chi connectivity index (χ3v) is 4.32. The summed E-state index contributed by atoms with van der Waals surface area (Å²) in [7, 11) is 0. The maximum Gasteiger partial charge on any atom is 0.339 e. The number of benzene rings is 2. The molecule has 1 N–H and O–H groups in total. The molecule has 6 heteroatoms. The van der Waals surface area contributed by atoms with Crippen LogP contribution < -0.4 is 4.74 Å². The quantitative estimate of drug-likeness (QED) is 0.808. The standard InChI is InChI=1S/C21H22FNO4/c22-18-6-3-17(4-7-18)15-27-20-8-5-16(14-19(20)21(24)25)2-1-9-23-10-12-26-13-11-23/h1-8,14H,9-13,15H2,(H,24,25). The van der Waals surface area contributed by atoms with Crippen LogP contribution in [0.25, 0.3) is 6.08 Å². The normalized spacial score (nSPS) is 15.1. The summed E-state index contributed by atoms with van der Waals surface area (Å²) < 4.78 is 23.9. The Hall–Kier alpha value is -2.70. The van der Waals surface area contributed by atoms with E-state index in [9.17, 15) is 14.3 Å². The molecule has 1 saturated heterocycles. The van der Waals surface area contributed by atoms with Crippen LogP contribution >= 0.6 is 0 Å². The van der Waals surface area contributed by atoms with Gasteiger partial charge < -0.3 is 14.6 Å². The summed E-state index contributed by atoms with van der Waals surface area (Å²) in [5.41, 5.74) is 1.67. The topological polar surface area (TPSA) is 59.0 Å². The maximum absolute atomic E-state index is 13.0. The molecular formula is C21H22FNO4. The van der Waals surface area contributed by atoms with E-state index >= 15 is 0 Å². The first-order valence-electron chi connectivity index (χ1n) is 8.83. The van der Waals surface area contributed by atoms with Gasteiger partial charge in [0.25, 0.3) is 0 Å². The van der Waals surface area contributed by atoms with E-state index in [1.54, 1.807) is 24.3 Å². The zero-order valence-corrected chi connectivity index (χ0v) is 14.9. The van der Waals surface area contributed by atoms with Crippen molar-refractivity contribution in [3.05, 3.63) is 71.0 Å². The lowest BCUT2D eigenvalue weighted by molar-refractivity contribution is 0.0435. The Morgan fingerprint density at radius 1 is 1.19 bits per heavy atom. The second-order valence-electron chi connectivity index (χ2n) is 6.29. The second-order valence-corrected chi connectivity index (χ2v) is 6.29. The highest BCUT2D eigenvalue weighted by Gasteiger charge is 2.12. The van der Waals surface area contributed by atoms with Crippen LogP contribution in [-0.2, 0) is 11.3 Å². The summed E-state index contributed by atoms with van der Waals surface area (Å²) in [6.07, 6.45) is 3.93. The van der Waals surface area contributed by atoms with Crippen molar-refractivity contribution in [2.75, 3.05) is 32.8 Å². The zero-order valence-electron chi connectivity index (χ0n) is 14.9. The summed E-state index contributed by atoms with van der Waals surface area (Å²) in [6, 6.07) is 11.0. The predicted octanol–water partition coefficient (Wildman–Crippen LogP) is 3.45. The number of carboxylic acid groups (broad SMARTS) is 1. The van der Waals surface area contributed by atoms with Gasteiger partial charge in [0.2, 0.25) is 0 Å². The van der Waals surface area contributed by atoms with E-state index in [4.69, 9.17) is 9.47 Å². The predicted molar refractivity (Wildman–Crippen MR) is 100 cm³/mol. The average Bonchev–Trinajstić information content (AvgIpc) is 2.69. The highest BCUT2D eigenvalue weighted by molar-refractivity contribution is 5.91. The van der Waals surface area contributed by atoms with Crippen molar-refractivity contribution in [1.29, 1.82) is 0 Å². The summed E-state index contributed by atoms with van der Waals surface area (Å²) >= 11 is 0. The van der Waals surface area contributed by atoms with Gasteiger partial charge in [0, 0.05) is 19.6 Å². The van der Waals surface area contributed by atoms with Gasteiger partial charge in [0.15, 0.2) is 0 Å². The minimum atomic E-state index is -1.05. The molecule has 142 valence electrons. The van der Waals surface area contributed by atoms with E-state index in [2.05, 4.69) is 4.90 Å². The number of ether oxygens (including phenoxy) is 2. The smallest absolute Gasteiger partial charge is 0.339 e. The highest BCUT2D eigenvalue weighted by Crippen LogP contribution is 2.22. The van der Waals surface area contributed by atoms with Crippen LogP contribution in [0.3, 0.4) is 0 Å². The molecule has 1 aliphatic heterocycles. The number of hydrogen-bond donors (Lipinski definition) is 1. The lowest BCUT2D eigenvalue weighted by Crippen LogP contribution is -2.36. The van der Waals surface area contributed by atoms with Crippen molar-refractivity contribution in [3.63, 3.8) is 0 Å². The molecule has 27 heavy (non-hydrogen) atoms. The van der Waals surface area contributed by atoms with Crippen LogP contribution in [0.4, 0.5) is 4.39 Å². The Bertz CT molecular complexity index is 798. The third-order valence-electron chi connectivity index (χ3n) is 4.32. The second kappa shape index (κ2) is 9.30. The van der Waals surface area contributed by atoms with Gasteiger partial charge >= 0.3 is 5.97 Å². The summed E-state index contributed by atoms with van der Waals surface area (Å²) in [4.78, 5) is 13.9. The zero-order chi connectivity index (χ0) is 19.1. The van der Waals surface area contributed by atoms with Gasteiger partial charge in [-0.3, -0.25) is 4.90 Å². The monoisotopic (exact) mass is 371 g/mol. The molecule has 2 aromatic carbocycles. The Labute approximate surface area is 157 Å². The molecule has 0 bridgehead atoms. The largest absolute Gasteiger partial charge is 0.488 e. The van der Waals surface area contributed by atoms with E-state index in [1.807, 2.05) is 18.2 Å². The van der Waals surface area contributed by atoms with Crippen LogP contribution in [0.2, 0.25) is 0 Å². The van der Waals surface area contributed by atoms with Gasteiger partial charge in [-0.05, 0) is 35.4 Å². The Balaban J connectivity index is 1.64. The number of aromatic carboxylic acids is 1.